The summed E-state index contributed by atoms with van der Waals surface area (Å²) >= 11 is 0. The maximum atomic E-state index is 5.99. The Morgan fingerprint density at radius 1 is 1.10 bits per heavy atom. The van der Waals surface area contributed by atoms with E-state index < -0.39 is 0 Å². The van der Waals surface area contributed by atoms with Crippen molar-refractivity contribution in [2.24, 2.45) is 5.73 Å². The summed E-state index contributed by atoms with van der Waals surface area (Å²) < 4.78 is 5.48. The third-order valence-electron chi connectivity index (χ3n) is 3.65. The highest BCUT2D eigenvalue weighted by atomic mass is 16.5. The summed E-state index contributed by atoms with van der Waals surface area (Å²) in [5.74, 6) is 0.830. The van der Waals surface area contributed by atoms with E-state index >= 15 is 0 Å². The molecule has 2 aromatic carbocycles. The first-order valence-corrected chi connectivity index (χ1v) is 6.97. The molecule has 2 N–H and O–H groups in total. The Morgan fingerprint density at radius 2 is 1.90 bits per heavy atom. The lowest BCUT2D eigenvalue weighted by molar-refractivity contribution is 0.416. The zero-order chi connectivity index (χ0) is 14.8. The van der Waals surface area contributed by atoms with Crippen molar-refractivity contribution in [1.29, 1.82) is 0 Å². The maximum absolute atomic E-state index is 5.99. The maximum Gasteiger partial charge on any atom is 0.126 e. The number of para-hydroxylation sites is 1. The SMILES string of the molecule is COc1ccc(C(C)N)cc1-c1cnc2ccccc2c1. The fraction of sp³-hybridized carbons (Fsp3) is 0.167. The fourth-order valence-corrected chi connectivity index (χ4v) is 2.45. The molecule has 3 aromatic rings. The number of aromatic nitrogens is 1. The smallest absolute Gasteiger partial charge is 0.126 e. The fourth-order valence-electron chi connectivity index (χ4n) is 2.45. The summed E-state index contributed by atoms with van der Waals surface area (Å²) in [5, 5.41) is 1.11. The van der Waals surface area contributed by atoms with Gasteiger partial charge in [0.15, 0.2) is 0 Å². The van der Waals surface area contributed by atoms with Crippen molar-refractivity contribution in [1.82, 2.24) is 4.98 Å². The second kappa shape index (κ2) is 5.54. The predicted molar refractivity (Wildman–Crippen MR) is 86.3 cm³/mol. The van der Waals surface area contributed by atoms with Crippen molar-refractivity contribution >= 4 is 10.9 Å². The number of hydrogen-bond acceptors (Lipinski definition) is 3. The summed E-state index contributed by atoms with van der Waals surface area (Å²) in [6.45, 7) is 1.98. The number of hydrogen-bond donors (Lipinski definition) is 1. The molecule has 3 heteroatoms. The van der Waals surface area contributed by atoms with E-state index in [0.29, 0.717) is 0 Å². The molecule has 0 saturated heterocycles. The first-order chi connectivity index (χ1) is 10.2. The quantitative estimate of drug-likeness (QED) is 0.789. The number of ether oxygens (including phenoxy) is 1. The van der Waals surface area contributed by atoms with E-state index in [1.54, 1.807) is 7.11 Å². The van der Waals surface area contributed by atoms with E-state index in [1.165, 1.54) is 0 Å². The highest BCUT2D eigenvalue weighted by Crippen LogP contribution is 2.33. The van der Waals surface area contributed by atoms with Crippen LogP contribution < -0.4 is 10.5 Å². The van der Waals surface area contributed by atoms with Crippen LogP contribution in [-0.4, -0.2) is 12.1 Å². The monoisotopic (exact) mass is 278 g/mol. The Bertz CT molecular complexity index is 781. The summed E-state index contributed by atoms with van der Waals surface area (Å²) in [6.07, 6.45) is 1.88. The zero-order valence-electron chi connectivity index (χ0n) is 12.2. The van der Waals surface area contributed by atoms with Crippen molar-refractivity contribution in [2.45, 2.75) is 13.0 Å². The minimum Gasteiger partial charge on any atom is -0.496 e. The number of nitrogens with zero attached hydrogens (tertiary/aromatic N) is 1. The lowest BCUT2D eigenvalue weighted by atomic mass is 9.99. The van der Waals surface area contributed by atoms with Gasteiger partial charge in [0, 0.05) is 28.8 Å². The molecule has 3 rings (SSSR count). The van der Waals surface area contributed by atoms with Crippen LogP contribution in [0.25, 0.3) is 22.0 Å². The Morgan fingerprint density at radius 3 is 2.67 bits per heavy atom. The molecule has 1 unspecified atom stereocenters. The minimum atomic E-state index is -0.0110. The summed E-state index contributed by atoms with van der Waals surface area (Å²) in [5.41, 5.74) is 10.1. The molecule has 0 aliphatic carbocycles. The third-order valence-corrected chi connectivity index (χ3v) is 3.65. The van der Waals surface area contributed by atoms with Crippen LogP contribution in [0.4, 0.5) is 0 Å². The van der Waals surface area contributed by atoms with Crippen LogP contribution in [0.1, 0.15) is 18.5 Å². The van der Waals surface area contributed by atoms with E-state index in [-0.39, 0.29) is 6.04 Å². The molecule has 106 valence electrons. The first kappa shape index (κ1) is 13.6. The van der Waals surface area contributed by atoms with E-state index in [0.717, 1.165) is 33.3 Å². The Labute approximate surface area is 124 Å². The van der Waals surface area contributed by atoms with Crippen molar-refractivity contribution in [2.75, 3.05) is 7.11 Å². The van der Waals surface area contributed by atoms with Crippen LogP contribution in [0.3, 0.4) is 0 Å². The van der Waals surface area contributed by atoms with Crippen LogP contribution in [0.2, 0.25) is 0 Å². The average Bonchev–Trinajstić information content (AvgIpc) is 2.53. The Balaban J connectivity index is 2.18. The summed E-state index contributed by atoms with van der Waals surface area (Å²) in [6, 6.07) is 16.2. The average molecular weight is 278 g/mol. The molecular formula is C18H18N2O. The second-order valence-electron chi connectivity index (χ2n) is 5.17. The van der Waals surface area contributed by atoms with Crippen LogP contribution in [0.15, 0.2) is 54.7 Å². The van der Waals surface area contributed by atoms with Gasteiger partial charge in [-0.1, -0.05) is 24.3 Å². The van der Waals surface area contributed by atoms with Gasteiger partial charge in [-0.25, -0.2) is 0 Å². The van der Waals surface area contributed by atoms with E-state index in [2.05, 4.69) is 23.2 Å². The molecule has 3 nitrogen and oxygen atoms in total. The normalized spacial score (nSPS) is 12.3. The van der Waals surface area contributed by atoms with Crippen LogP contribution >= 0.6 is 0 Å². The van der Waals surface area contributed by atoms with Gasteiger partial charge in [-0.05, 0) is 36.8 Å². The molecule has 0 aliphatic heterocycles. The standard InChI is InChI=1S/C18H18N2O/c1-12(19)13-7-8-18(21-2)16(10-13)15-9-14-5-3-4-6-17(14)20-11-15/h3-12H,19H2,1-2H3. The zero-order valence-corrected chi connectivity index (χ0v) is 12.2. The molecule has 0 spiro atoms. The molecule has 0 fully saturated rings. The predicted octanol–water partition coefficient (Wildman–Crippen LogP) is 3.93. The molecule has 0 aliphatic rings. The number of pyridine rings is 1. The number of rotatable bonds is 3. The van der Waals surface area contributed by atoms with Gasteiger partial charge < -0.3 is 10.5 Å². The van der Waals surface area contributed by atoms with Crippen LogP contribution in [-0.2, 0) is 0 Å². The van der Waals surface area contributed by atoms with Crippen LogP contribution in [0.5, 0.6) is 5.75 Å². The first-order valence-electron chi connectivity index (χ1n) is 6.97. The summed E-state index contributed by atoms with van der Waals surface area (Å²) in [7, 11) is 1.68. The van der Waals surface area contributed by atoms with Gasteiger partial charge in [0.05, 0.1) is 12.6 Å². The van der Waals surface area contributed by atoms with E-state index in [9.17, 15) is 0 Å². The molecule has 0 bridgehead atoms. The highest BCUT2D eigenvalue weighted by molar-refractivity contribution is 5.84. The number of fused-ring (bicyclic) bond motifs is 1. The van der Waals surface area contributed by atoms with Crippen molar-refractivity contribution in [3.8, 4) is 16.9 Å². The van der Waals surface area contributed by atoms with Crippen molar-refractivity contribution in [3.63, 3.8) is 0 Å². The Hall–Kier alpha value is -2.39. The number of nitrogens with two attached hydrogens (primary N) is 1. The van der Waals surface area contributed by atoms with Crippen molar-refractivity contribution < 1.29 is 4.74 Å². The molecular weight excluding hydrogens is 260 g/mol. The van der Waals surface area contributed by atoms with Gasteiger partial charge >= 0.3 is 0 Å². The molecule has 1 atom stereocenters. The lowest BCUT2D eigenvalue weighted by Crippen LogP contribution is -2.05. The topological polar surface area (TPSA) is 48.1 Å². The van der Waals surface area contributed by atoms with Gasteiger partial charge in [0.1, 0.15) is 5.75 Å². The number of benzene rings is 2. The van der Waals surface area contributed by atoms with Gasteiger partial charge in [-0.2, -0.15) is 0 Å². The second-order valence-corrected chi connectivity index (χ2v) is 5.17. The molecule has 0 amide bonds. The van der Waals surface area contributed by atoms with Gasteiger partial charge in [0.2, 0.25) is 0 Å². The molecule has 21 heavy (non-hydrogen) atoms. The van der Waals surface area contributed by atoms with Gasteiger partial charge in [-0.15, -0.1) is 0 Å². The Kier molecular flexibility index (Phi) is 3.59. The molecule has 1 aromatic heterocycles. The molecule has 0 radical (unpaired) electrons. The highest BCUT2D eigenvalue weighted by Gasteiger charge is 2.10. The third kappa shape index (κ3) is 2.60. The molecule has 0 saturated carbocycles. The lowest BCUT2D eigenvalue weighted by Gasteiger charge is -2.13. The van der Waals surface area contributed by atoms with Gasteiger partial charge in [0.25, 0.3) is 0 Å². The number of methoxy groups -OCH3 is 1. The minimum absolute atomic E-state index is 0.0110. The largest absolute Gasteiger partial charge is 0.496 e. The van der Waals surface area contributed by atoms with Crippen LogP contribution in [0, 0.1) is 0 Å². The summed E-state index contributed by atoms with van der Waals surface area (Å²) in [4.78, 5) is 4.52. The van der Waals surface area contributed by atoms with Gasteiger partial charge in [-0.3, -0.25) is 4.98 Å². The van der Waals surface area contributed by atoms with Crippen molar-refractivity contribution in [3.05, 3.63) is 60.3 Å². The molecule has 1 heterocycles. The van der Waals surface area contributed by atoms with E-state index in [1.807, 2.05) is 43.5 Å². The van der Waals surface area contributed by atoms with E-state index in [4.69, 9.17) is 10.5 Å².